The Morgan fingerprint density at radius 2 is 2.15 bits per heavy atom. The Morgan fingerprint density at radius 3 is 2.77 bits per heavy atom. The van der Waals surface area contributed by atoms with Crippen molar-refractivity contribution < 1.29 is 14.2 Å². The predicted molar refractivity (Wildman–Crippen MR) is 47.9 cm³/mol. The lowest BCUT2D eigenvalue weighted by molar-refractivity contribution is -0.213. The highest BCUT2D eigenvalue weighted by atomic mass is 35.5. The molecule has 1 N–H and O–H groups in total. The molecule has 2 fully saturated rings. The Bertz CT molecular complexity index is 198. The van der Waals surface area contributed by atoms with Crippen molar-refractivity contribution in [2.24, 2.45) is 0 Å². The minimum Gasteiger partial charge on any atom is -0.369 e. The van der Waals surface area contributed by atoms with Crippen LogP contribution < -0.4 is 5.32 Å². The summed E-state index contributed by atoms with van der Waals surface area (Å²) in [6, 6.07) is 0.0463. The van der Waals surface area contributed by atoms with Crippen molar-refractivity contribution in [3.05, 3.63) is 0 Å². The lowest BCUT2D eigenvalue weighted by atomic mass is 10.1. The fourth-order valence-corrected chi connectivity index (χ4v) is 2.35. The zero-order valence-electron chi connectivity index (χ0n) is 7.75. The van der Waals surface area contributed by atoms with Crippen LogP contribution in [0.1, 0.15) is 0 Å². The van der Waals surface area contributed by atoms with Gasteiger partial charge in [-0.1, -0.05) is 0 Å². The van der Waals surface area contributed by atoms with E-state index in [1.54, 1.807) is 14.2 Å². The molecule has 2 saturated heterocycles. The van der Waals surface area contributed by atoms with Gasteiger partial charge in [-0.05, 0) is 0 Å². The van der Waals surface area contributed by atoms with E-state index in [9.17, 15) is 0 Å². The average Bonchev–Trinajstić information content (AvgIpc) is 2.68. The largest absolute Gasteiger partial charge is 0.369 e. The smallest absolute Gasteiger partial charge is 0.209 e. The summed E-state index contributed by atoms with van der Waals surface area (Å²) in [5, 5.41) is 3.27. The average molecular weight is 208 g/mol. The molecule has 2 aliphatic heterocycles. The standard InChI is InChI=1S/C8H14ClNO3/c1-11-8(12-2)4-13-6-5(9)3-10-7(6)8/h5-7,10H,3-4H2,1-2H3. The molecule has 2 heterocycles. The van der Waals surface area contributed by atoms with Crippen molar-refractivity contribution in [2.75, 3.05) is 27.4 Å². The molecule has 5 heteroatoms. The number of methoxy groups -OCH3 is 2. The van der Waals surface area contributed by atoms with Crippen LogP contribution in [0.4, 0.5) is 0 Å². The molecule has 13 heavy (non-hydrogen) atoms. The SMILES string of the molecule is COC1(OC)COC2C(Cl)CNC21. The van der Waals surface area contributed by atoms with Crippen molar-refractivity contribution in [1.29, 1.82) is 0 Å². The van der Waals surface area contributed by atoms with Crippen molar-refractivity contribution >= 4 is 11.6 Å². The van der Waals surface area contributed by atoms with Crippen molar-refractivity contribution in [2.45, 2.75) is 23.3 Å². The maximum absolute atomic E-state index is 6.06. The van der Waals surface area contributed by atoms with Gasteiger partial charge in [-0.2, -0.15) is 0 Å². The summed E-state index contributed by atoms with van der Waals surface area (Å²) in [7, 11) is 3.25. The number of fused-ring (bicyclic) bond motifs is 1. The second-order valence-electron chi connectivity index (χ2n) is 3.40. The summed E-state index contributed by atoms with van der Waals surface area (Å²) >= 11 is 6.06. The third-order valence-corrected chi connectivity index (χ3v) is 3.26. The van der Waals surface area contributed by atoms with Crippen molar-refractivity contribution in [3.63, 3.8) is 0 Å². The second-order valence-corrected chi connectivity index (χ2v) is 3.96. The van der Waals surface area contributed by atoms with Crippen LogP contribution >= 0.6 is 11.6 Å². The Labute approximate surface area is 82.5 Å². The molecule has 0 aliphatic carbocycles. The van der Waals surface area contributed by atoms with E-state index in [0.717, 1.165) is 6.54 Å². The van der Waals surface area contributed by atoms with Gasteiger partial charge < -0.3 is 19.5 Å². The first-order chi connectivity index (χ1) is 6.23. The molecule has 2 rings (SSSR count). The number of alkyl halides is 1. The third-order valence-electron chi connectivity index (χ3n) is 2.86. The minimum absolute atomic E-state index is 0.00145. The van der Waals surface area contributed by atoms with E-state index in [-0.39, 0.29) is 17.5 Å². The van der Waals surface area contributed by atoms with Crippen LogP contribution in [-0.4, -0.2) is 50.7 Å². The molecule has 76 valence electrons. The Kier molecular flexibility index (Phi) is 2.51. The molecule has 0 spiro atoms. The fourth-order valence-electron chi connectivity index (χ4n) is 2.04. The molecule has 0 saturated carbocycles. The summed E-state index contributed by atoms with van der Waals surface area (Å²) < 4.78 is 16.2. The number of rotatable bonds is 2. The minimum atomic E-state index is -0.658. The van der Waals surface area contributed by atoms with Gasteiger partial charge in [-0.15, -0.1) is 11.6 Å². The fraction of sp³-hybridized carbons (Fsp3) is 1.00. The molecule has 0 radical (unpaired) electrons. The van der Waals surface area contributed by atoms with Crippen LogP contribution in [0.25, 0.3) is 0 Å². The molecule has 3 atom stereocenters. The molecular weight excluding hydrogens is 194 g/mol. The quantitative estimate of drug-likeness (QED) is 0.509. The molecular formula is C8H14ClNO3. The first kappa shape index (κ1) is 9.68. The van der Waals surface area contributed by atoms with Gasteiger partial charge in [-0.25, -0.2) is 0 Å². The lowest BCUT2D eigenvalue weighted by Gasteiger charge is -2.29. The zero-order valence-corrected chi connectivity index (χ0v) is 8.50. The molecule has 3 unspecified atom stereocenters. The highest BCUT2D eigenvalue weighted by Gasteiger charge is 2.56. The first-order valence-corrected chi connectivity index (χ1v) is 4.76. The van der Waals surface area contributed by atoms with Gasteiger partial charge >= 0.3 is 0 Å². The summed E-state index contributed by atoms with van der Waals surface area (Å²) in [5.41, 5.74) is 0. The zero-order chi connectivity index (χ0) is 9.47. The molecule has 0 amide bonds. The summed E-state index contributed by atoms with van der Waals surface area (Å²) in [4.78, 5) is 0. The van der Waals surface area contributed by atoms with E-state index in [0.29, 0.717) is 6.61 Å². The van der Waals surface area contributed by atoms with Crippen LogP contribution in [-0.2, 0) is 14.2 Å². The van der Waals surface area contributed by atoms with Gasteiger partial charge in [0.15, 0.2) is 0 Å². The molecule has 0 bridgehead atoms. The predicted octanol–water partition coefficient (Wildman–Crippen LogP) is -0.0465. The number of hydrogen-bond donors (Lipinski definition) is 1. The molecule has 0 aromatic heterocycles. The van der Waals surface area contributed by atoms with E-state index in [1.165, 1.54) is 0 Å². The van der Waals surface area contributed by atoms with Crippen molar-refractivity contribution in [3.8, 4) is 0 Å². The molecule has 0 aromatic rings. The van der Waals surface area contributed by atoms with Gasteiger partial charge in [0.1, 0.15) is 6.61 Å². The van der Waals surface area contributed by atoms with Gasteiger partial charge in [0.2, 0.25) is 5.79 Å². The monoisotopic (exact) mass is 207 g/mol. The van der Waals surface area contributed by atoms with E-state index in [4.69, 9.17) is 25.8 Å². The van der Waals surface area contributed by atoms with E-state index in [1.807, 2.05) is 0 Å². The van der Waals surface area contributed by atoms with Gasteiger partial charge in [0, 0.05) is 20.8 Å². The Hall–Kier alpha value is 0.130. The normalized spacial score (nSPS) is 42.2. The Balaban J connectivity index is 2.17. The van der Waals surface area contributed by atoms with Crippen LogP contribution in [0.15, 0.2) is 0 Å². The molecule has 2 aliphatic rings. The maximum atomic E-state index is 6.06. The summed E-state index contributed by atoms with van der Waals surface area (Å²) in [5.74, 6) is -0.658. The molecule has 4 nitrogen and oxygen atoms in total. The third kappa shape index (κ3) is 1.28. The lowest BCUT2D eigenvalue weighted by Crippen LogP contribution is -2.51. The number of ether oxygens (including phenoxy) is 3. The highest BCUT2D eigenvalue weighted by Crippen LogP contribution is 2.35. The van der Waals surface area contributed by atoms with Crippen molar-refractivity contribution in [1.82, 2.24) is 5.32 Å². The van der Waals surface area contributed by atoms with Crippen LogP contribution in [0, 0.1) is 0 Å². The van der Waals surface area contributed by atoms with Gasteiger partial charge in [0.25, 0.3) is 0 Å². The van der Waals surface area contributed by atoms with E-state index in [2.05, 4.69) is 5.32 Å². The van der Waals surface area contributed by atoms with Crippen LogP contribution in [0.2, 0.25) is 0 Å². The first-order valence-electron chi connectivity index (χ1n) is 4.33. The van der Waals surface area contributed by atoms with E-state index >= 15 is 0 Å². The molecule has 0 aromatic carbocycles. The summed E-state index contributed by atoms with van der Waals surface area (Å²) in [6.07, 6.45) is 0.00145. The maximum Gasteiger partial charge on any atom is 0.209 e. The Morgan fingerprint density at radius 1 is 1.46 bits per heavy atom. The number of halogens is 1. The number of nitrogens with one attached hydrogen (secondary N) is 1. The number of hydrogen-bond acceptors (Lipinski definition) is 4. The summed E-state index contributed by atoms with van der Waals surface area (Å²) in [6.45, 7) is 1.18. The second kappa shape index (κ2) is 3.37. The topological polar surface area (TPSA) is 39.7 Å². The van der Waals surface area contributed by atoms with Crippen LogP contribution in [0.5, 0.6) is 0 Å². The van der Waals surface area contributed by atoms with Gasteiger partial charge in [-0.3, -0.25) is 0 Å². The van der Waals surface area contributed by atoms with E-state index < -0.39 is 5.79 Å². The van der Waals surface area contributed by atoms with Crippen LogP contribution in [0.3, 0.4) is 0 Å². The van der Waals surface area contributed by atoms with Gasteiger partial charge in [0.05, 0.1) is 17.5 Å². The highest BCUT2D eigenvalue weighted by molar-refractivity contribution is 6.21.